The molecule has 0 aliphatic rings. The lowest BCUT2D eigenvalue weighted by Crippen LogP contribution is -2.05. The predicted molar refractivity (Wildman–Crippen MR) is 66.7 cm³/mol. The average Bonchev–Trinajstić information content (AvgIpc) is 2.38. The van der Waals surface area contributed by atoms with Crippen molar-refractivity contribution >= 4 is 5.97 Å². The molecule has 92 valence electrons. The quantitative estimate of drug-likeness (QED) is 0.772. The molecule has 18 heavy (non-hydrogen) atoms. The van der Waals surface area contributed by atoms with Gasteiger partial charge in [0.1, 0.15) is 12.4 Å². The standard InChI is InChI=1S/C15H13FO2/c1-11-5-7-12(8-6-11)10-18-15(17)13-3-2-4-14(16)9-13/h2-9H,10H2,1H3. The SMILES string of the molecule is Cc1ccc(COC(=O)c2cccc(F)c2)cc1. The number of ether oxygens (including phenoxy) is 1. The number of carbonyl (C=O) groups is 1. The normalized spacial score (nSPS) is 10.1. The highest BCUT2D eigenvalue weighted by molar-refractivity contribution is 5.89. The maximum Gasteiger partial charge on any atom is 0.338 e. The molecule has 2 nitrogen and oxygen atoms in total. The van der Waals surface area contributed by atoms with Crippen LogP contribution in [0.2, 0.25) is 0 Å². The number of halogens is 1. The van der Waals surface area contributed by atoms with Crippen LogP contribution in [0.1, 0.15) is 21.5 Å². The summed E-state index contributed by atoms with van der Waals surface area (Å²) < 4.78 is 18.0. The van der Waals surface area contributed by atoms with Crippen molar-refractivity contribution in [2.24, 2.45) is 0 Å². The molecule has 0 aliphatic heterocycles. The zero-order chi connectivity index (χ0) is 13.0. The van der Waals surface area contributed by atoms with Crippen molar-refractivity contribution in [3.63, 3.8) is 0 Å². The van der Waals surface area contributed by atoms with Crippen LogP contribution in [0.4, 0.5) is 4.39 Å². The molecular weight excluding hydrogens is 231 g/mol. The highest BCUT2D eigenvalue weighted by Crippen LogP contribution is 2.09. The first kappa shape index (κ1) is 12.3. The van der Waals surface area contributed by atoms with Gasteiger partial charge in [-0.25, -0.2) is 9.18 Å². The maximum atomic E-state index is 12.9. The van der Waals surface area contributed by atoms with E-state index in [1.807, 2.05) is 31.2 Å². The van der Waals surface area contributed by atoms with Gasteiger partial charge in [-0.2, -0.15) is 0 Å². The Morgan fingerprint density at radius 2 is 1.89 bits per heavy atom. The third-order valence-corrected chi connectivity index (χ3v) is 2.55. The zero-order valence-electron chi connectivity index (χ0n) is 10.0. The zero-order valence-corrected chi connectivity index (χ0v) is 10.0. The van der Waals surface area contributed by atoms with Gasteiger partial charge in [0, 0.05) is 0 Å². The van der Waals surface area contributed by atoms with E-state index in [0.717, 1.165) is 17.2 Å². The molecule has 0 radical (unpaired) electrons. The largest absolute Gasteiger partial charge is 0.457 e. The molecule has 0 unspecified atom stereocenters. The van der Waals surface area contributed by atoms with E-state index in [-0.39, 0.29) is 12.2 Å². The van der Waals surface area contributed by atoms with Crippen LogP contribution in [0.15, 0.2) is 48.5 Å². The molecule has 0 aromatic heterocycles. The molecule has 0 aliphatic carbocycles. The molecule has 0 fully saturated rings. The van der Waals surface area contributed by atoms with E-state index in [9.17, 15) is 9.18 Å². The first-order chi connectivity index (χ1) is 8.65. The Kier molecular flexibility index (Phi) is 3.72. The number of hydrogen-bond acceptors (Lipinski definition) is 2. The van der Waals surface area contributed by atoms with E-state index >= 15 is 0 Å². The second kappa shape index (κ2) is 5.45. The lowest BCUT2D eigenvalue weighted by atomic mass is 10.2. The van der Waals surface area contributed by atoms with Gasteiger partial charge in [-0.05, 0) is 30.7 Å². The van der Waals surface area contributed by atoms with Crippen LogP contribution in [-0.4, -0.2) is 5.97 Å². The Balaban J connectivity index is 1.98. The van der Waals surface area contributed by atoms with Gasteiger partial charge in [0.2, 0.25) is 0 Å². The molecule has 0 atom stereocenters. The van der Waals surface area contributed by atoms with E-state index in [1.54, 1.807) is 0 Å². The number of hydrogen-bond donors (Lipinski definition) is 0. The van der Waals surface area contributed by atoms with Crippen LogP contribution >= 0.6 is 0 Å². The Morgan fingerprint density at radius 3 is 2.56 bits per heavy atom. The van der Waals surface area contributed by atoms with Crippen LogP contribution in [0.25, 0.3) is 0 Å². The first-order valence-electron chi connectivity index (χ1n) is 5.63. The molecule has 0 heterocycles. The third-order valence-electron chi connectivity index (χ3n) is 2.55. The number of aryl methyl sites for hydroxylation is 1. The van der Waals surface area contributed by atoms with E-state index in [1.165, 1.54) is 18.2 Å². The minimum absolute atomic E-state index is 0.190. The van der Waals surface area contributed by atoms with E-state index in [0.29, 0.717) is 0 Å². The van der Waals surface area contributed by atoms with Crippen LogP contribution in [-0.2, 0) is 11.3 Å². The van der Waals surface area contributed by atoms with Gasteiger partial charge in [0.25, 0.3) is 0 Å². The van der Waals surface area contributed by atoms with Gasteiger partial charge in [-0.15, -0.1) is 0 Å². The van der Waals surface area contributed by atoms with Crippen molar-refractivity contribution in [3.8, 4) is 0 Å². The van der Waals surface area contributed by atoms with Crippen molar-refractivity contribution in [1.29, 1.82) is 0 Å². The van der Waals surface area contributed by atoms with Gasteiger partial charge in [-0.1, -0.05) is 35.9 Å². The topological polar surface area (TPSA) is 26.3 Å². The third kappa shape index (κ3) is 3.17. The maximum absolute atomic E-state index is 12.9. The van der Waals surface area contributed by atoms with Crippen molar-refractivity contribution < 1.29 is 13.9 Å². The van der Waals surface area contributed by atoms with Crippen molar-refractivity contribution in [1.82, 2.24) is 0 Å². The molecule has 0 amide bonds. The highest BCUT2D eigenvalue weighted by Gasteiger charge is 2.07. The van der Waals surface area contributed by atoms with Gasteiger partial charge in [0.05, 0.1) is 5.56 Å². The van der Waals surface area contributed by atoms with E-state index in [4.69, 9.17) is 4.74 Å². The first-order valence-corrected chi connectivity index (χ1v) is 5.63. The van der Waals surface area contributed by atoms with E-state index in [2.05, 4.69) is 0 Å². The fourth-order valence-corrected chi connectivity index (χ4v) is 1.53. The van der Waals surface area contributed by atoms with E-state index < -0.39 is 11.8 Å². The van der Waals surface area contributed by atoms with Crippen LogP contribution in [0, 0.1) is 12.7 Å². The summed E-state index contributed by atoms with van der Waals surface area (Å²) in [5.41, 5.74) is 2.28. The van der Waals surface area contributed by atoms with Crippen molar-refractivity contribution in [2.45, 2.75) is 13.5 Å². The molecule has 0 saturated carbocycles. The second-order valence-corrected chi connectivity index (χ2v) is 4.07. The van der Waals surface area contributed by atoms with Crippen molar-refractivity contribution in [3.05, 3.63) is 71.0 Å². The molecule has 0 spiro atoms. The Morgan fingerprint density at radius 1 is 1.17 bits per heavy atom. The smallest absolute Gasteiger partial charge is 0.338 e. The Labute approximate surface area is 105 Å². The summed E-state index contributed by atoms with van der Waals surface area (Å²) in [5, 5.41) is 0. The monoisotopic (exact) mass is 244 g/mol. The summed E-state index contributed by atoms with van der Waals surface area (Å²) in [6, 6.07) is 13.2. The Hall–Kier alpha value is -2.16. The van der Waals surface area contributed by atoms with Gasteiger partial charge in [-0.3, -0.25) is 0 Å². The van der Waals surface area contributed by atoms with Gasteiger partial charge < -0.3 is 4.74 Å². The van der Waals surface area contributed by atoms with Crippen LogP contribution in [0.3, 0.4) is 0 Å². The van der Waals surface area contributed by atoms with Crippen LogP contribution < -0.4 is 0 Å². The molecule has 0 bridgehead atoms. The molecule has 3 heteroatoms. The summed E-state index contributed by atoms with van der Waals surface area (Å²) >= 11 is 0. The number of rotatable bonds is 3. The second-order valence-electron chi connectivity index (χ2n) is 4.07. The average molecular weight is 244 g/mol. The number of carbonyl (C=O) groups excluding carboxylic acids is 1. The number of esters is 1. The lowest BCUT2D eigenvalue weighted by molar-refractivity contribution is 0.0472. The summed E-state index contributed by atoms with van der Waals surface area (Å²) in [6.45, 7) is 2.18. The predicted octanol–water partition coefficient (Wildman–Crippen LogP) is 3.49. The molecule has 2 rings (SSSR count). The fourth-order valence-electron chi connectivity index (χ4n) is 1.53. The minimum atomic E-state index is -0.518. The number of benzene rings is 2. The molecule has 2 aromatic carbocycles. The summed E-state index contributed by atoms with van der Waals surface area (Å²) in [7, 11) is 0. The van der Waals surface area contributed by atoms with Crippen molar-refractivity contribution in [2.75, 3.05) is 0 Å². The van der Waals surface area contributed by atoms with Crippen LogP contribution in [0.5, 0.6) is 0 Å². The molecule has 2 aromatic rings. The van der Waals surface area contributed by atoms with Gasteiger partial charge >= 0.3 is 5.97 Å². The summed E-state index contributed by atoms with van der Waals surface area (Å²) in [6.07, 6.45) is 0. The summed E-state index contributed by atoms with van der Waals surface area (Å²) in [5.74, 6) is -0.963. The molecule has 0 N–H and O–H groups in total. The Bertz CT molecular complexity index is 547. The molecule has 0 saturated heterocycles. The fraction of sp³-hybridized carbons (Fsp3) is 0.133. The summed E-state index contributed by atoms with van der Waals surface area (Å²) in [4.78, 5) is 11.6. The lowest BCUT2D eigenvalue weighted by Gasteiger charge is -2.05. The van der Waals surface area contributed by atoms with Gasteiger partial charge in [0.15, 0.2) is 0 Å². The minimum Gasteiger partial charge on any atom is -0.457 e. The highest BCUT2D eigenvalue weighted by atomic mass is 19.1. The molecular formula is C15H13FO2.